The molecule has 1 aromatic heterocycles. The van der Waals surface area contributed by atoms with E-state index in [1.54, 1.807) is 0 Å². The fourth-order valence-electron chi connectivity index (χ4n) is 2.54. The number of anilines is 2. The maximum absolute atomic E-state index is 12.1. The van der Waals surface area contributed by atoms with Gasteiger partial charge in [0.15, 0.2) is 0 Å². The second kappa shape index (κ2) is 7.08. The molecule has 2 N–H and O–H groups in total. The molecule has 1 heterocycles. The summed E-state index contributed by atoms with van der Waals surface area (Å²) >= 11 is 0. The van der Waals surface area contributed by atoms with Crippen molar-refractivity contribution in [2.45, 2.75) is 20.3 Å². The van der Waals surface area contributed by atoms with E-state index in [0.717, 1.165) is 28.0 Å². The molecule has 1 amide bonds. The van der Waals surface area contributed by atoms with E-state index in [9.17, 15) is 4.79 Å². The number of rotatable bonds is 5. The van der Waals surface area contributed by atoms with Crippen LogP contribution in [0.3, 0.4) is 0 Å². The van der Waals surface area contributed by atoms with Crippen molar-refractivity contribution in [1.82, 2.24) is 9.97 Å². The highest BCUT2D eigenvalue weighted by atomic mass is 16.1. The van der Waals surface area contributed by atoms with Gasteiger partial charge in [0.05, 0.1) is 5.52 Å². The lowest BCUT2D eigenvalue weighted by molar-refractivity contribution is -0.115. The van der Waals surface area contributed by atoms with Gasteiger partial charge in [-0.1, -0.05) is 24.3 Å². The SMILES string of the molecule is Cc1cccc(NC(=O)CCNc2ncnc3ccccc23)c1C. The number of fused-ring (bicyclic) bond motifs is 1. The van der Waals surface area contributed by atoms with Gasteiger partial charge < -0.3 is 10.6 Å². The van der Waals surface area contributed by atoms with Crippen molar-refractivity contribution in [3.8, 4) is 0 Å². The molecule has 0 fully saturated rings. The number of hydrogen-bond donors (Lipinski definition) is 2. The number of carbonyl (C=O) groups is 1. The minimum Gasteiger partial charge on any atom is -0.369 e. The van der Waals surface area contributed by atoms with Gasteiger partial charge in [0, 0.05) is 24.0 Å². The lowest BCUT2D eigenvalue weighted by Crippen LogP contribution is -2.17. The van der Waals surface area contributed by atoms with Crippen LogP contribution in [0.4, 0.5) is 11.5 Å². The number of aryl methyl sites for hydroxylation is 1. The average Bonchev–Trinajstić information content (AvgIpc) is 2.59. The van der Waals surface area contributed by atoms with Crippen LogP contribution < -0.4 is 10.6 Å². The van der Waals surface area contributed by atoms with Crippen LogP contribution in [0.25, 0.3) is 10.9 Å². The molecule has 0 aliphatic carbocycles. The Morgan fingerprint density at radius 1 is 1.04 bits per heavy atom. The largest absolute Gasteiger partial charge is 0.369 e. The molecule has 3 rings (SSSR count). The highest BCUT2D eigenvalue weighted by Crippen LogP contribution is 2.19. The molecule has 24 heavy (non-hydrogen) atoms. The fraction of sp³-hybridized carbons (Fsp3) is 0.211. The topological polar surface area (TPSA) is 66.9 Å². The Labute approximate surface area is 141 Å². The van der Waals surface area contributed by atoms with Crippen molar-refractivity contribution < 1.29 is 4.79 Å². The number of amides is 1. The molecule has 0 unspecified atom stereocenters. The zero-order valence-electron chi connectivity index (χ0n) is 13.8. The molecule has 0 aliphatic heterocycles. The highest BCUT2D eigenvalue weighted by molar-refractivity contribution is 5.92. The van der Waals surface area contributed by atoms with Gasteiger partial charge in [0.2, 0.25) is 5.91 Å². The van der Waals surface area contributed by atoms with Crippen molar-refractivity contribution >= 4 is 28.3 Å². The molecule has 5 heteroatoms. The monoisotopic (exact) mass is 320 g/mol. The maximum Gasteiger partial charge on any atom is 0.226 e. The molecular formula is C19H20N4O. The Balaban J connectivity index is 1.60. The van der Waals surface area contributed by atoms with E-state index in [0.29, 0.717) is 13.0 Å². The van der Waals surface area contributed by atoms with E-state index in [1.807, 2.05) is 56.3 Å². The first-order chi connectivity index (χ1) is 11.6. The summed E-state index contributed by atoms with van der Waals surface area (Å²) in [5, 5.41) is 7.13. The van der Waals surface area contributed by atoms with Crippen LogP contribution in [-0.4, -0.2) is 22.4 Å². The Bertz CT molecular complexity index is 871. The molecule has 0 atom stereocenters. The molecule has 0 bridgehead atoms. The number of nitrogens with zero attached hydrogens (tertiary/aromatic N) is 2. The van der Waals surface area contributed by atoms with Gasteiger partial charge in [0.1, 0.15) is 12.1 Å². The average molecular weight is 320 g/mol. The summed E-state index contributed by atoms with van der Waals surface area (Å²) in [5.74, 6) is 0.731. The summed E-state index contributed by atoms with van der Waals surface area (Å²) < 4.78 is 0. The summed E-state index contributed by atoms with van der Waals surface area (Å²) in [7, 11) is 0. The molecular weight excluding hydrogens is 300 g/mol. The Morgan fingerprint density at radius 3 is 2.75 bits per heavy atom. The Kier molecular flexibility index (Phi) is 4.70. The lowest BCUT2D eigenvalue weighted by atomic mass is 10.1. The number of para-hydroxylation sites is 1. The Morgan fingerprint density at radius 2 is 1.88 bits per heavy atom. The number of aromatic nitrogens is 2. The minimum absolute atomic E-state index is 0.0189. The third kappa shape index (κ3) is 3.51. The van der Waals surface area contributed by atoms with Crippen LogP contribution in [0.15, 0.2) is 48.8 Å². The van der Waals surface area contributed by atoms with Crippen molar-refractivity contribution in [3.63, 3.8) is 0 Å². The molecule has 0 radical (unpaired) electrons. The first-order valence-electron chi connectivity index (χ1n) is 7.95. The smallest absolute Gasteiger partial charge is 0.226 e. The summed E-state index contributed by atoms with van der Waals surface area (Å²) in [6.45, 7) is 4.56. The predicted octanol–water partition coefficient (Wildman–Crippen LogP) is 3.69. The van der Waals surface area contributed by atoms with Crippen LogP contribution in [0.5, 0.6) is 0 Å². The predicted molar refractivity (Wildman–Crippen MR) is 97.2 cm³/mol. The van der Waals surface area contributed by atoms with Gasteiger partial charge >= 0.3 is 0 Å². The van der Waals surface area contributed by atoms with Crippen LogP contribution in [-0.2, 0) is 4.79 Å². The second-order valence-electron chi connectivity index (χ2n) is 5.71. The molecule has 2 aromatic carbocycles. The zero-order chi connectivity index (χ0) is 16.9. The van der Waals surface area contributed by atoms with E-state index in [4.69, 9.17) is 0 Å². The van der Waals surface area contributed by atoms with Gasteiger partial charge in [-0.25, -0.2) is 9.97 Å². The van der Waals surface area contributed by atoms with Gasteiger partial charge in [-0.05, 0) is 43.2 Å². The van der Waals surface area contributed by atoms with E-state index in [1.165, 1.54) is 11.9 Å². The summed E-state index contributed by atoms with van der Waals surface area (Å²) in [6, 6.07) is 13.7. The quantitative estimate of drug-likeness (QED) is 0.752. The van der Waals surface area contributed by atoms with Gasteiger partial charge in [-0.15, -0.1) is 0 Å². The van der Waals surface area contributed by atoms with Crippen LogP contribution in [0, 0.1) is 13.8 Å². The molecule has 122 valence electrons. The molecule has 5 nitrogen and oxygen atoms in total. The van der Waals surface area contributed by atoms with E-state index < -0.39 is 0 Å². The van der Waals surface area contributed by atoms with Crippen LogP contribution in [0.1, 0.15) is 17.5 Å². The summed E-state index contributed by atoms with van der Waals surface area (Å²) in [5.41, 5.74) is 4.02. The number of hydrogen-bond acceptors (Lipinski definition) is 4. The molecule has 3 aromatic rings. The summed E-state index contributed by atoms with van der Waals surface area (Å²) in [4.78, 5) is 20.6. The molecule has 0 saturated carbocycles. The first-order valence-corrected chi connectivity index (χ1v) is 7.95. The highest BCUT2D eigenvalue weighted by Gasteiger charge is 2.07. The van der Waals surface area contributed by atoms with Crippen molar-refractivity contribution in [2.75, 3.05) is 17.2 Å². The van der Waals surface area contributed by atoms with Gasteiger partial charge in [-0.2, -0.15) is 0 Å². The fourth-order valence-corrected chi connectivity index (χ4v) is 2.54. The molecule has 0 spiro atoms. The Hall–Kier alpha value is -2.95. The van der Waals surface area contributed by atoms with Crippen molar-refractivity contribution in [2.24, 2.45) is 0 Å². The van der Waals surface area contributed by atoms with E-state index in [-0.39, 0.29) is 5.91 Å². The van der Waals surface area contributed by atoms with E-state index >= 15 is 0 Å². The zero-order valence-corrected chi connectivity index (χ0v) is 13.8. The minimum atomic E-state index is -0.0189. The standard InChI is InChI=1S/C19H20N4O/c1-13-6-5-9-16(14(13)2)23-18(24)10-11-20-19-15-7-3-4-8-17(15)21-12-22-19/h3-9,12H,10-11H2,1-2H3,(H,23,24)(H,20,21,22). The van der Waals surface area contributed by atoms with Crippen molar-refractivity contribution in [1.29, 1.82) is 0 Å². The first kappa shape index (κ1) is 15.9. The molecule has 0 saturated heterocycles. The number of carbonyl (C=O) groups excluding carboxylic acids is 1. The van der Waals surface area contributed by atoms with Crippen LogP contribution in [0.2, 0.25) is 0 Å². The van der Waals surface area contributed by atoms with Gasteiger partial charge in [0.25, 0.3) is 0 Å². The normalized spacial score (nSPS) is 10.6. The summed E-state index contributed by atoms with van der Waals surface area (Å²) in [6.07, 6.45) is 1.90. The van der Waals surface area contributed by atoms with Gasteiger partial charge in [-0.3, -0.25) is 4.79 Å². The van der Waals surface area contributed by atoms with Crippen molar-refractivity contribution in [3.05, 3.63) is 59.9 Å². The van der Waals surface area contributed by atoms with Crippen LogP contribution >= 0.6 is 0 Å². The number of benzene rings is 2. The third-order valence-electron chi connectivity index (χ3n) is 4.07. The third-order valence-corrected chi connectivity index (χ3v) is 4.07. The van der Waals surface area contributed by atoms with E-state index in [2.05, 4.69) is 20.6 Å². The molecule has 0 aliphatic rings. The maximum atomic E-state index is 12.1. The second-order valence-corrected chi connectivity index (χ2v) is 5.71. The number of nitrogens with one attached hydrogen (secondary N) is 2. The lowest BCUT2D eigenvalue weighted by Gasteiger charge is -2.11.